The van der Waals surface area contributed by atoms with E-state index in [0.717, 1.165) is 44.2 Å². The summed E-state index contributed by atoms with van der Waals surface area (Å²) < 4.78 is 0. The molecule has 0 atom stereocenters. The fourth-order valence-electron chi connectivity index (χ4n) is 9.23. The monoisotopic (exact) mass is 751 g/mol. The zero-order valence-corrected chi connectivity index (χ0v) is 32.2. The molecule has 1 aromatic heterocycles. The van der Waals surface area contributed by atoms with Crippen LogP contribution in [-0.4, -0.2) is 15.0 Å². The summed E-state index contributed by atoms with van der Waals surface area (Å²) in [5.74, 6) is 1.89. The van der Waals surface area contributed by atoms with Crippen molar-refractivity contribution in [1.29, 1.82) is 0 Å². The summed E-state index contributed by atoms with van der Waals surface area (Å²) in [6.45, 7) is 0. The van der Waals surface area contributed by atoms with Crippen molar-refractivity contribution < 1.29 is 0 Å². The van der Waals surface area contributed by atoms with Crippen LogP contribution in [0.15, 0.2) is 224 Å². The molecule has 11 rings (SSSR count). The van der Waals surface area contributed by atoms with Gasteiger partial charge in [-0.3, -0.25) is 0 Å². The van der Waals surface area contributed by atoms with Crippen LogP contribution in [0.1, 0.15) is 22.3 Å². The maximum atomic E-state index is 5.33. The largest absolute Gasteiger partial charge is 0.208 e. The van der Waals surface area contributed by atoms with Crippen LogP contribution in [0.3, 0.4) is 0 Å². The van der Waals surface area contributed by atoms with Gasteiger partial charge in [-0.1, -0.05) is 218 Å². The molecule has 0 bridgehead atoms. The Morgan fingerprint density at radius 2 is 0.746 bits per heavy atom. The number of fused-ring (bicyclic) bond motifs is 4. The summed E-state index contributed by atoms with van der Waals surface area (Å²) in [6.07, 6.45) is 0. The van der Waals surface area contributed by atoms with Crippen molar-refractivity contribution in [3.05, 3.63) is 247 Å². The fraction of sp³-hybridized carbons (Fsp3) is 0.0179. The number of rotatable bonds is 7. The van der Waals surface area contributed by atoms with Crippen molar-refractivity contribution in [2.24, 2.45) is 0 Å². The average molecular weight is 752 g/mol. The average Bonchev–Trinajstić information content (AvgIpc) is 3.63. The van der Waals surface area contributed by atoms with E-state index in [4.69, 9.17) is 15.0 Å². The highest BCUT2D eigenvalue weighted by molar-refractivity contribution is 6.08. The molecule has 59 heavy (non-hydrogen) atoms. The zero-order chi connectivity index (χ0) is 39.2. The summed E-state index contributed by atoms with van der Waals surface area (Å²) in [5.41, 5.74) is 14.3. The normalized spacial score (nSPS) is 12.5. The van der Waals surface area contributed by atoms with E-state index in [2.05, 4.69) is 200 Å². The predicted molar refractivity (Wildman–Crippen MR) is 242 cm³/mol. The van der Waals surface area contributed by atoms with Crippen LogP contribution in [0.5, 0.6) is 0 Å². The van der Waals surface area contributed by atoms with Gasteiger partial charge in [-0.25, -0.2) is 15.0 Å². The van der Waals surface area contributed by atoms with Crippen molar-refractivity contribution in [2.45, 2.75) is 5.41 Å². The predicted octanol–water partition coefficient (Wildman–Crippen LogP) is 13.7. The van der Waals surface area contributed by atoms with Gasteiger partial charge in [0.1, 0.15) is 0 Å². The molecular weight excluding hydrogens is 715 g/mol. The molecule has 3 heteroatoms. The highest BCUT2D eigenvalue weighted by atomic mass is 15.0. The first-order valence-electron chi connectivity index (χ1n) is 20.1. The number of hydrogen-bond donors (Lipinski definition) is 0. The molecule has 0 unspecified atom stereocenters. The van der Waals surface area contributed by atoms with Gasteiger partial charge in [0.15, 0.2) is 17.5 Å². The number of aromatic nitrogens is 3. The van der Waals surface area contributed by atoms with Gasteiger partial charge in [0.05, 0.1) is 5.41 Å². The Hall–Kier alpha value is -7.75. The SMILES string of the molecule is c1ccc(-c2ccc(-c3nc(-c4ccccc4)nc(-c4ccc5ccccc5c4-c4cccc5c4-c4ccccc4C5(c4ccccc4)c4ccccc4)n3)cc2)cc1. The molecule has 276 valence electrons. The molecule has 0 spiro atoms. The van der Waals surface area contributed by atoms with E-state index < -0.39 is 5.41 Å². The van der Waals surface area contributed by atoms with E-state index in [-0.39, 0.29) is 0 Å². The van der Waals surface area contributed by atoms with Crippen molar-refractivity contribution in [3.63, 3.8) is 0 Å². The molecule has 0 fully saturated rings. The highest BCUT2D eigenvalue weighted by Crippen LogP contribution is 2.59. The Kier molecular flexibility index (Phi) is 8.37. The van der Waals surface area contributed by atoms with E-state index in [0.29, 0.717) is 17.5 Å². The molecule has 9 aromatic carbocycles. The molecule has 1 aliphatic carbocycles. The van der Waals surface area contributed by atoms with Crippen LogP contribution in [-0.2, 0) is 5.41 Å². The minimum atomic E-state index is -0.526. The standard InChI is InChI=1S/C56H37N3/c1-5-18-38(19-6-1)39-32-34-42(35-33-39)54-57-53(41-21-7-2-8-22-41)58-55(59-54)48-37-36-40-20-13-14-27-45(40)51(48)47-29-17-31-50-52(47)46-28-15-16-30-49(46)56(50,43-23-9-3-10-24-43)44-25-11-4-12-26-44/h1-37H. The van der Waals surface area contributed by atoms with Crippen LogP contribution in [0.2, 0.25) is 0 Å². The van der Waals surface area contributed by atoms with E-state index in [9.17, 15) is 0 Å². The van der Waals surface area contributed by atoms with E-state index in [1.165, 1.54) is 38.9 Å². The van der Waals surface area contributed by atoms with Gasteiger partial charge < -0.3 is 0 Å². The van der Waals surface area contributed by atoms with Gasteiger partial charge >= 0.3 is 0 Å². The second-order valence-corrected chi connectivity index (χ2v) is 15.1. The highest BCUT2D eigenvalue weighted by Gasteiger charge is 2.47. The van der Waals surface area contributed by atoms with Crippen LogP contribution < -0.4 is 0 Å². The van der Waals surface area contributed by atoms with E-state index in [1.807, 2.05) is 24.3 Å². The molecule has 10 aromatic rings. The summed E-state index contributed by atoms with van der Waals surface area (Å²) in [6, 6.07) is 80.0. The first kappa shape index (κ1) is 34.5. The molecular formula is C56H37N3. The number of nitrogens with zero attached hydrogens (tertiary/aromatic N) is 3. The summed E-state index contributed by atoms with van der Waals surface area (Å²) >= 11 is 0. The van der Waals surface area contributed by atoms with Crippen molar-refractivity contribution in [2.75, 3.05) is 0 Å². The Bertz CT molecular complexity index is 3080. The topological polar surface area (TPSA) is 38.7 Å². The van der Waals surface area contributed by atoms with Crippen molar-refractivity contribution >= 4 is 10.8 Å². The zero-order valence-electron chi connectivity index (χ0n) is 32.2. The van der Waals surface area contributed by atoms with E-state index in [1.54, 1.807) is 0 Å². The molecule has 0 saturated carbocycles. The second kappa shape index (κ2) is 14.3. The third-order valence-corrected chi connectivity index (χ3v) is 11.8. The van der Waals surface area contributed by atoms with Gasteiger partial charge in [-0.05, 0) is 66.9 Å². The molecule has 1 heterocycles. The molecule has 0 aliphatic heterocycles. The minimum absolute atomic E-state index is 0.526. The van der Waals surface area contributed by atoms with Crippen molar-refractivity contribution in [3.8, 4) is 67.5 Å². The first-order chi connectivity index (χ1) is 29.3. The van der Waals surface area contributed by atoms with Gasteiger partial charge in [-0.2, -0.15) is 0 Å². The fourth-order valence-corrected chi connectivity index (χ4v) is 9.23. The quantitative estimate of drug-likeness (QED) is 0.163. The Balaban J connectivity index is 1.19. The summed E-state index contributed by atoms with van der Waals surface area (Å²) in [7, 11) is 0. The Morgan fingerprint density at radius 3 is 1.42 bits per heavy atom. The maximum absolute atomic E-state index is 5.33. The van der Waals surface area contributed by atoms with Gasteiger partial charge in [0.2, 0.25) is 0 Å². The first-order valence-corrected chi connectivity index (χ1v) is 20.1. The lowest BCUT2D eigenvalue weighted by molar-refractivity contribution is 0.768. The molecule has 0 N–H and O–H groups in total. The molecule has 0 amide bonds. The molecule has 1 aliphatic rings. The lowest BCUT2D eigenvalue weighted by Gasteiger charge is -2.34. The number of hydrogen-bond acceptors (Lipinski definition) is 3. The van der Waals surface area contributed by atoms with Crippen LogP contribution >= 0.6 is 0 Å². The minimum Gasteiger partial charge on any atom is -0.208 e. The third kappa shape index (κ3) is 5.70. The van der Waals surface area contributed by atoms with Gasteiger partial charge in [0.25, 0.3) is 0 Å². The van der Waals surface area contributed by atoms with Gasteiger partial charge in [0, 0.05) is 22.3 Å². The van der Waals surface area contributed by atoms with E-state index >= 15 is 0 Å². The smallest absolute Gasteiger partial charge is 0.164 e. The lowest BCUT2D eigenvalue weighted by atomic mass is 9.67. The second-order valence-electron chi connectivity index (χ2n) is 15.1. The molecule has 3 nitrogen and oxygen atoms in total. The Labute approximate surface area is 344 Å². The lowest BCUT2D eigenvalue weighted by Crippen LogP contribution is -2.28. The molecule has 0 saturated heterocycles. The van der Waals surface area contributed by atoms with Crippen LogP contribution in [0.4, 0.5) is 0 Å². The number of benzene rings is 9. The summed E-state index contributed by atoms with van der Waals surface area (Å²) in [5, 5.41) is 2.30. The summed E-state index contributed by atoms with van der Waals surface area (Å²) in [4.78, 5) is 15.7. The van der Waals surface area contributed by atoms with Crippen LogP contribution in [0, 0.1) is 0 Å². The van der Waals surface area contributed by atoms with Crippen molar-refractivity contribution in [1.82, 2.24) is 15.0 Å². The third-order valence-electron chi connectivity index (χ3n) is 11.8. The van der Waals surface area contributed by atoms with Crippen LogP contribution in [0.25, 0.3) is 78.3 Å². The Morgan fingerprint density at radius 1 is 0.271 bits per heavy atom. The molecule has 0 radical (unpaired) electrons. The van der Waals surface area contributed by atoms with Gasteiger partial charge in [-0.15, -0.1) is 0 Å². The maximum Gasteiger partial charge on any atom is 0.164 e.